The predicted octanol–water partition coefficient (Wildman–Crippen LogP) is 17.5. The van der Waals surface area contributed by atoms with E-state index in [1.54, 1.807) is 0 Å². The van der Waals surface area contributed by atoms with Crippen LogP contribution in [0.5, 0.6) is 0 Å². The minimum absolute atomic E-state index is 0.314. The fourth-order valence-electron chi connectivity index (χ4n) is 10.6. The molecule has 0 fully saturated rings. The van der Waals surface area contributed by atoms with E-state index >= 15 is 0 Å². The first-order valence-electron chi connectivity index (χ1n) is 22.6. The largest absolute Gasteiger partial charge is 0.310 e. The molecule has 0 bridgehead atoms. The van der Waals surface area contributed by atoms with Gasteiger partial charge in [-0.1, -0.05) is 212 Å². The smallest absolute Gasteiger partial charge is 0.0467 e. The van der Waals surface area contributed by atoms with E-state index in [2.05, 4.69) is 267 Å². The van der Waals surface area contributed by atoms with Crippen LogP contribution in [-0.4, -0.2) is 0 Å². The normalized spacial score (nSPS) is 14.0. The molecule has 65 heavy (non-hydrogen) atoms. The van der Waals surface area contributed by atoms with Crippen molar-refractivity contribution in [2.24, 2.45) is 0 Å². The third kappa shape index (κ3) is 6.47. The van der Waals surface area contributed by atoms with Gasteiger partial charge >= 0.3 is 0 Å². The SMILES string of the molecule is CC1(c2ccccc2)c2ccccc2-c2ccc(N(c3ccc(-c4ccc5c(c4)c(-c4ccccc4)c(-c4ccccc4)c4ccccc45)cc3)c3cccc(-c4ccccc4)c3)cc21. The van der Waals surface area contributed by atoms with E-state index < -0.39 is 0 Å². The molecule has 306 valence electrons. The van der Waals surface area contributed by atoms with Crippen molar-refractivity contribution in [2.75, 3.05) is 4.90 Å². The maximum Gasteiger partial charge on any atom is 0.0467 e. The lowest BCUT2D eigenvalue weighted by molar-refractivity contribution is 0.714. The zero-order valence-electron chi connectivity index (χ0n) is 36.2. The van der Waals surface area contributed by atoms with Crippen molar-refractivity contribution in [3.63, 3.8) is 0 Å². The lowest BCUT2D eigenvalue weighted by Gasteiger charge is -2.31. The molecule has 0 aliphatic heterocycles. The zero-order chi connectivity index (χ0) is 43.3. The highest BCUT2D eigenvalue weighted by Gasteiger charge is 2.41. The molecule has 0 N–H and O–H groups in total. The number of nitrogens with zero attached hydrogens (tertiary/aromatic N) is 1. The summed E-state index contributed by atoms with van der Waals surface area (Å²) in [5.41, 5.74) is 19.2. The summed E-state index contributed by atoms with van der Waals surface area (Å²) in [6, 6.07) is 93.5. The summed E-state index contributed by atoms with van der Waals surface area (Å²) in [6.07, 6.45) is 0. The number of hydrogen-bond acceptors (Lipinski definition) is 1. The summed E-state index contributed by atoms with van der Waals surface area (Å²) >= 11 is 0. The molecule has 1 nitrogen and oxygen atoms in total. The lowest BCUT2D eigenvalue weighted by Crippen LogP contribution is -2.22. The van der Waals surface area contributed by atoms with Crippen LogP contribution in [0.2, 0.25) is 0 Å². The van der Waals surface area contributed by atoms with Crippen LogP contribution >= 0.6 is 0 Å². The summed E-state index contributed by atoms with van der Waals surface area (Å²) in [5, 5.41) is 5.02. The highest BCUT2D eigenvalue weighted by atomic mass is 15.1. The highest BCUT2D eigenvalue weighted by Crippen LogP contribution is 2.54. The van der Waals surface area contributed by atoms with Crippen LogP contribution in [-0.2, 0) is 5.41 Å². The average molecular weight is 828 g/mol. The summed E-state index contributed by atoms with van der Waals surface area (Å²) in [7, 11) is 0. The molecule has 0 saturated carbocycles. The van der Waals surface area contributed by atoms with Crippen LogP contribution in [0.1, 0.15) is 23.6 Å². The molecule has 0 radical (unpaired) electrons. The van der Waals surface area contributed by atoms with Crippen molar-refractivity contribution in [3.8, 4) is 55.6 Å². The number of anilines is 3. The molecule has 1 aliphatic rings. The van der Waals surface area contributed by atoms with Crippen molar-refractivity contribution in [1.82, 2.24) is 0 Å². The third-order valence-corrected chi connectivity index (χ3v) is 13.7. The van der Waals surface area contributed by atoms with Crippen molar-refractivity contribution < 1.29 is 0 Å². The molecule has 12 rings (SSSR count). The Hall–Kier alpha value is -8.26. The van der Waals surface area contributed by atoms with Gasteiger partial charge in [0.05, 0.1) is 0 Å². The van der Waals surface area contributed by atoms with Gasteiger partial charge in [-0.15, -0.1) is 0 Å². The van der Waals surface area contributed by atoms with Crippen LogP contribution in [0.15, 0.2) is 255 Å². The Morgan fingerprint density at radius 1 is 0.277 bits per heavy atom. The van der Waals surface area contributed by atoms with Gasteiger partial charge in [0, 0.05) is 22.5 Å². The topological polar surface area (TPSA) is 3.24 Å². The quantitative estimate of drug-likeness (QED) is 0.138. The maximum absolute atomic E-state index is 2.44. The second-order valence-corrected chi connectivity index (χ2v) is 17.4. The van der Waals surface area contributed by atoms with Crippen molar-refractivity contribution in [3.05, 3.63) is 271 Å². The average Bonchev–Trinajstić information content (AvgIpc) is 3.65. The fraction of sp³-hybridized carbons (Fsp3) is 0.0312. The van der Waals surface area contributed by atoms with Gasteiger partial charge in [0.2, 0.25) is 0 Å². The van der Waals surface area contributed by atoms with Crippen molar-refractivity contribution in [1.29, 1.82) is 0 Å². The van der Waals surface area contributed by atoms with Crippen LogP contribution in [0, 0.1) is 0 Å². The first kappa shape index (κ1) is 38.4. The van der Waals surface area contributed by atoms with Crippen molar-refractivity contribution in [2.45, 2.75) is 12.3 Å². The first-order valence-corrected chi connectivity index (χ1v) is 22.6. The van der Waals surface area contributed by atoms with Crippen LogP contribution in [0.4, 0.5) is 17.1 Å². The highest BCUT2D eigenvalue weighted by molar-refractivity contribution is 6.22. The van der Waals surface area contributed by atoms with E-state index in [9.17, 15) is 0 Å². The molecule has 11 aromatic carbocycles. The number of benzene rings is 11. The summed E-state index contributed by atoms with van der Waals surface area (Å²) in [4.78, 5) is 2.43. The molecule has 0 amide bonds. The molecule has 0 aromatic heterocycles. The van der Waals surface area contributed by atoms with E-state index in [1.165, 1.54) is 93.9 Å². The Bertz CT molecular complexity index is 3520. The van der Waals surface area contributed by atoms with Crippen molar-refractivity contribution >= 4 is 38.6 Å². The lowest BCUT2D eigenvalue weighted by atomic mass is 9.74. The molecule has 0 heterocycles. The van der Waals surface area contributed by atoms with Crippen LogP contribution < -0.4 is 4.90 Å². The molecule has 1 heteroatoms. The molecular formula is C64H45N. The minimum atomic E-state index is -0.314. The van der Waals surface area contributed by atoms with E-state index in [4.69, 9.17) is 0 Å². The van der Waals surface area contributed by atoms with Crippen LogP contribution in [0.25, 0.3) is 77.2 Å². The predicted molar refractivity (Wildman–Crippen MR) is 275 cm³/mol. The zero-order valence-corrected chi connectivity index (χ0v) is 36.2. The first-order chi connectivity index (χ1) is 32.1. The second-order valence-electron chi connectivity index (χ2n) is 17.4. The molecule has 1 aliphatic carbocycles. The van der Waals surface area contributed by atoms with Crippen LogP contribution in [0.3, 0.4) is 0 Å². The standard InChI is InChI=1S/C64H45N/c1-64(50-26-12-5-13-27-50)60-32-17-16-30-56(60)57-40-38-53(43-61(57)64)65(52-28-18-25-48(41-52)44-19-6-2-7-20-44)51-36-33-45(34-37-51)49-35-39-55-54-29-14-15-31-58(54)62(46-21-8-3-9-22-46)63(59(55)42-49)47-23-10-4-11-24-47/h2-43H,1H3. The molecule has 1 unspecified atom stereocenters. The van der Waals surface area contributed by atoms with E-state index in [-0.39, 0.29) is 5.41 Å². The Morgan fingerprint density at radius 2 is 0.754 bits per heavy atom. The third-order valence-electron chi connectivity index (χ3n) is 13.7. The molecule has 11 aromatic rings. The Kier molecular flexibility index (Phi) is 9.35. The van der Waals surface area contributed by atoms with Gasteiger partial charge in [0.25, 0.3) is 0 Å². The summed E-state index contributed by atoms with van der Waals surface area (Å²) in [6.45, 7) is 2.39. The van der Waals surface area contributed by atoms with Gasteiger partial charge in [-0.3, -0.25) is 0 Å². The van der Waals surface area contributed by atoms with Gasteiger partial charge in [0.1, 0.15) is 0 Å². The molecule has 0 spiro atoms. The number of hydrogen-bond donors (Lipinski definition) is 0. The summed E-state index contributed by atoms with van der Waals surface area (Å²) < 4.78 is 0. The van der Waals surface area contributed by atoms with E-state index in [0.29, 0.717) is 0 Å². The Morgan fingerprint density at radius 3 is 1.46 bits per heavy atom. The monoisotopic (exact) mass is 827 g/mol. The molecule has 1 atom stereocenters. The maximum atomic E-state index is 2.44. The summed E-state index contributed by atoms with van der Waals surface area (Å²) in [5.74, 6) is 0. The van der Waals surface area contributed by atoms with Gasteiger partial charge < -0.3 is 4.90 Å². The van der Waals surface area contributed by atoms with E-state index in [0.717, 1.165) is 17.1 Å². The van der Waals surface area contributed by atoms with Gasteiger partial charge in [-0.2, -0.15) is 0 Å². The number of rotatable bonds is 8. The fourth-order valence-corrected chi connectivity index (χ4v) is 10.6. The molecular weight excluding hydrogens is 783 g/mol. The van der Waals surface area contributed by atoms with Gasteiger partial charge in [-0.25, -0.2) is 0 Å². The minimum Gasteiger partial charge on any atom is -0.310 e. The van der Waals surface area contributed by atoms with Gasteiger partial charge in [-0.05, 0) is 143 Å². The Balaban J connectivity index is 1.02. The van der Waals surface area contributed by atoms with Gasteiger partial charge in [0.15, 0.2) is 0 Å². The second kappa shape index (κ2) is 15.8. The molecule has 0 saturated heterocycles. The number of fused-ring (bicyclic) bond motifs is 6. The van der Waals surface area contributed by atoms with E-state index in [1.807, 2.05) is 0 Å². The Labute approximate surface area is 381 Å².